The molecule has 3 heterocycles. The normalized spacial score (nSPS) is 15.8. The molecule has 7 nitrogen and oxygen atoms in total. The highest BCUT2D eigenvalue weighted by Gasteiger charge is 2.28. The highest BCUT2D eigenvalue weighted by molar-refractivity contribution is 6.31. The predicted octanol–water partition coefficient (Wildman–Crippen LogP) is 3.22. The number of aliphatic imine (C=N–C) groups is 1. The zero-order chi connectivity index (χ0) is 21.5. The van der Waals surface area contributed by atoms with Gasteiger partial charge in [0, 0.05) is 42.3 Å². The van der Waals surface area contributed by atoms with E-state index in [1.54, 1.807) is 46.0 Å². The Morgan fingerprint density at radius 3 is 2.56 bits per heavy atom. The fraction of sp³-hybridized carbons (Fsp3) is 0.273. The average molecular weight is 475 g/mol. The van der Waals surface area contributed by atoms with Crippen molar-refractivity contribution in [3.05, 3.63) is 76.1 Å². The molecule has 1 aromatic heterocycles. The van der Waals surface area contributed by atoms with Gasteiger partial charge in [0.05, 0.1) is 17.9 Å². The van der Waals surface area contributed by atoms with Gasteiger partial charge in [-0.3, -0.25) is 9.79 Å². The number of fused-ring (bicyclic) bond motifs is 3. The van der Waals surface area contributed by atoms with Gasteiger partial charge in [0.1, 0.15) is 5.82 Å². The van der Waals surface area contributed by atoms with Crippen molar-refractivity contribution in [1.82, 2.24) is 24.6 Å². The second-order valence-electron chi connectivity index (χ2n) is 7.67. The summed E-state index contributed by atoms with van der Waals surface area (Å²) in [6.07, 6.45) is 0. The van der Waals surface area contributed by atoms with Gasteiger partial charge in [0.25, 0.3) is 5.91 Å². The highest BCUT2D eigenvalue weighted by Crippen LogP contribution is 2.28. The first-order valence-corrected chi connectivity index (χ1v) is 10.4. The van der Waals surface area contributed by atoms with Crippen LogP contribution >= 0.6 is 24.0 Å². The number of likely N-dealkylation sites (N-methyl/N-ethyl adjacent to an activating group) is 1. The molecule has 2 aliphatic rings. The van der Waals surface area contributed by atoms with Crippen molar-refractivity contribution >= 4 is 35.6 Å². The number of amides is 1. The number of hydrogen-bond acceptors (Lipinski definition) is 5. The molecule has 5 rings (SSSR count). The van der Waals surface area contributed by atoms with E-state index >= 15 is 0 Å². The van der Waals surface area contributed by atoms with Crippen LogP contribution in [0.25, 0.3) is 5.69 Å². The van der Waals surface area contributed by atoms with Gasteiger partial charge < -0.3 is 9.80 Å². The number of halogens is 3. The number of aromatic nitrogens is 3. The fourth-order valence-corrected chi connectivity index (χ4v) is 4.05. The molecule has 10 heteroatoms. The standard InChI is InChI=1S/C22H20ClFN6O.ClH/c1-28-8-10-29(11-9-28)22(31)21-26-19-13-25-20(15-4-2-3-5-17(15)24)16-12-14(23)6-7-18(16)30(19)27-21;/h2-7,12H,8-11,13H2,1H3;1H. The molecule has 0 radical (unpaired) electrons. The SMILES string of the molecule is CN1CCN(C(=O)c2nc3n(n2)-c2ccc(Cl)cc2C(c2ccccc2F)=NC3)CC1.Cl. The Bertz CT molecular complexity index is 1200. The molecule has 0 N–H and O–H groups in total. The van der Waals surface area contributed by atoms with Crippen molar-refractivity contribution in [2.24, 2.45) is 4.99 Å². The molecule has 2 aromatic carbocycles. The molecular formula is C22H21Cl2FN6O. The molecule has 3 aromatic rings. The van der Waals surface area contributed by atoms with Crippen molar-refractivity contribution < 1.29 is 9.18 Å². The summed E-state index contributed by atoms with van der Waals surface area (Å²) in [6.45, 7) is 3.08. The third-order valence-corrected chi connectivity index (χ3v) is 5.84. The van der Waals surface area contributed by atoms with Gasteiger partial charge in [-0.1, -0.05) is 23.7 Å². The van der Waals surface area contributed by atoms with Gasteiger partial charge in [0.2, 0.25) is 5.82 Å². The lowest BCUT2D eigenvalue weighted by molar-refractivity contribution is 0.0652. The minimum absolute atomic E-state index is 0. The largest absolute Gasteiger partial charge is 0.333 e. The third-order valence-electron chi connectivity index (χ3n) is 5.61. The van der Waals surface area contributed by atoms with E-state index in [1.165, 1.54) is 6.07 Å². The van der Waals surface area contributed by atoms with Crippen molar-refractivity contribution in [2.45, 2.75) is 6.54 Å². The number of carbonyl (C=O) groups is 1. The Kier molecular flexibility index (Phi) is 6.28. The number of benzene rings is 2. The molecule has 0 spiro atoms. The smallest absolute Gasteiger partial charge is 0.293 e. The molecule has 166 valence electrons. The highest BCUT2D eigenvalue weighted by atomic mass is 35.5. The Morgan fingerprint density at radius 2 is 1.81 bits per heavy atom. The Labute approximate surface area is 195 Å². The summed E-state index contributed by atoms with van der Waals surface area (Å²) in [5, 5.41) is 5.02. The Hall–Kier alpha value is -2.81. The molecule has 1 fully saturated rings. The molecule has 2 aliphatic heterocycles. The topological polar surface area (TPSA) is 66.6 Å². The Morgan fingerprint density at radius 1 is 1.06 bits per heavy atom. The van der Waals surface area contributed by atoms with Gasteiger partial charge in [-0.05, 0) is 37.4 Å². The van der Waals surface area contributed by atoms with Crippen LogP contribution in [0.3, 0.4) is 0 Å². The summed E-state index contributed by atoms with van der Waals surface area (Å²) < 4.78 is 16.2. The first-order valence-electron chi connectivity index (χ1n) is 10.0. The van der Waals surface area contributed by atoms with E-state index in [-0.39, 0.29) is 36.5 Å². The number of rotatable bonds is 2. The van der Waals surface area contributed by atoms with Crippen LogP contribution in [0.1, 0.15) is 27.6 Å². The molecular weight excluding hydrogens is 454 g/mol. The first-order chi connectivity index (χ1) is 15.0. The lowest BCUT2D eigenvalue weighted by Crippen LogP contribution is -2.47. The van der Waals surface area contributed by atoms with Gasteiger partial charge in [-0.2, -0.15) is 0 Å². The summed E-state index contributed by atoms with van der Waals surface area (Å²) in [4.78, 5) is 26.0. The summed E-state index contributed by atoms with van der Waals surface area (Å²) in [5.41, 5.74) is 2.16. The zero-order valence-electron chi connectivity index (χ0n) is 17.3. The average Bonchev–Trinajstić information content (AvgIpc) is 3.13. The molecule has 1 amide bonds. The maximum atomic E-state index is 14.6. The van der Waals surface area contributed by atoms with Crippen LogP contribution < -0.4 is 0 Å². The first kappa shape index (κ1) is 22.4. The Balaban J connectivity index is 0.00000245. The minimum atomic E-state index is -0.370. The van der Waals surface area contributed by atoms with E-state index in [1.807, 2.05) is 7.05 Å². The molecule has 0 bridgehead atoms. The van der Waals surface area contributed by atoms with E-state index < -0.39 is 0 Å². The monoisotopic (exact) mass is 474 g/mol. The zero-order valence-corrected chi connectivity index (χ0v) is 18.9. The summed E-state index contributed by atoms with van der Waals surface area (Å²) in [5.74, 6) is 0.102. The van der Waals surface area contributed by atoms with Crippen molar-refractivity contribution in [2.75, 3.05) is 33.2 Å². The van der Waals surface area contributed by atoms with E-state index in [4.69, 9.17) is 11.6 Å². The van der Waals surface area contributed by atoms with Crippen LogP contribution in [0, 0.1) is 5.82 Å². The van der Waals surface area contributed by atoms with Crippen LogP contribution in [0.5, 0.6) is 0 Å². The fourth-order valence-electron chi connectivity index (χ4n) is 3.88. The predicted molar refractivity (Wildman–Crippen MR) is 123 cm³/mol. The summed E-state index contributed by atoms with van der Waals surface area (Å²) >= 11 is 6.26. The maximum Gasteiger partial charge on any atom is 0.293 e. The number of carbonyl (C=O) groups excluding carboxylic acids is 1. The summed E-state index contributed by atoms with van der Waals surface area (Å²) in [6, 6.07) is 11.7. The van der Waals surface area contributed by atoms with Gasteiger partial charge >= 0.3 is 0 Å². The maximum absolute atomic E-state index is 14.6. The molecule has 1 saturated heterocycles. The van der Waals surface area contributed by atoms with E-state index in [0.29, 0.717) is 46.5 Å². The van der Waals surface area contributed by atoms with Crippen molar-refractivity contribution in [1.29, 1.82) is 0 Å². The van der Waals surface area contributed by atoms with Crippen LogP contribution in [0.4, 0.5) is 4.39 Å². The lowest BCUT2D eigenvalue weighted by atomic mass is 10.00. The third kappa shape index (κ3) is 4.01. The number of nitrogens with zero attached hydrogens (tertiary/aromatic N) is 6. The second kappa shape index (κ2) is 8.97. The van der Waals surface area contributed by atoms with Crippen LogP contribution in [0.15, 0.2) is 47.5 Å². The molecule has 32 heavy (non-hydrogen) atoms. The molecule has 0 saturated carbocycles. The molecule has 0 atom stereocenters. The summed E-state index contributed by atoms with van der Waals surface area (Å²) in [7, 11) is 2.03. The molecule has 0 aliphatic carbocycles. The van der Waals surface area contributed by atoms with Crippen LogP contribution in [-0.2, 0) is 6.54 Å². The van der Waals surface area contributed by atoms with E-state index in [0.717, 1.165) is 13.1 Å². The van der Waals surface area contributed by atoms with Crippen molar-refractivity contribution in [3.63, 3.8) is 0 Å². The minimum Gasteiger partial charge on any atom is -0.333 e. The number of piperazine rings is 1. The van der Waals surface area contributed by atoms with E-state index in [2.05, 4.69) is 20.0 Å². The quantitative estimate of drug-likeness (QED) is 0.571. The number of hydrogen-bond donors (Lipinski definition) is 0. The second-order valence-corrected chi connectivity index (χ2v) is 8.10. The van der Waals surface area contributed by atoms with E-state index in [9.17, 15) is 9.18 Å². The van der Waals surface area contributed by atoms with Crippen LogP contribution in [-0.4, -0.2) is 69.4 Å². The van der Waals surface area contributed by atoms with Gasteiger partial charge in [-0.25, -0.2) is 14.1 Å². The van der Waals surface area contributed by atoms with Crippen LogP contribution in [0.2, 0.25) is 5.02 Å². The molecule has 0 unspecified atom stereocenters. The lowest BCUT2D eigenvalue weighted by Gasteiger charge is -2.31. The van der Waals surface area contributed by atoms with Gasteiger partial charge in [-0.15, -0.1) is 17.5 Å². The van der Waals surface area contributed by atoms with Gasteiger partial charge in [0.15, 0.2) is 5.82 Å². The van der Waals surface area contributed by atoms with Crippen molar-refractivity contribution in [3.8, 4) is 5.69 Å².